The van der Waals surface area contributed by atoms with Crippen molar-refractivity contribution in [1.82, 2.24) is 0 Å². The molecule has 3 aromatic carbocycles. The van der Waals surface area contributed by atoms with E-state index in [0.717, 1.165) is 12.1 Å². The summed E-state index contributed by atoms with van der Waals surface area (Å²) < 4.78 is 0. The minimum atomic E-state index is -0.131. The van der Waals surface area contributed by atoms with Gasteiger partial charge in [-0.25, -0.2) is 0 Å². The van der Waals surface area contributed by atoms with Gasteiger partial charge in [-0.2, -0.15) is 0 Å². The molecular formula is C30H34N2O2. The van der Waals surface area contributed by atoms with E-state index in [1.54, 1.807) is 31.3 Å². The van der Waals surface area contributed by atoms with Gasteiger partial charge < -0.3 is 10.6 Å². The number of ketones is 2. The minimum absolute atomic E-state index is 0.128. The summed E-state index contributed by atoms with van der Waals surface area (Å²) >= 11 is 0. The smallest absolute Gasteiger partial charge is 0.196 e. The molecule has 1 aliphatic rings. The highest BCUT2D eigenvalue weighted by Gasteiger charge is 2.34. The Balaban J connectivity index is 1.78. The second-order valence-corrected chi connectivity index (χ2v) is 10.7. The van der Waals surface area contributed by atoms with Crippen molar-refractivity contribution in [3.05, 3.63) is 88.5 Å². The molecule has 0 radical (unpaired) electrons. The van der Waals surface area contributed by atoms with E-state index >= 15 is 0 Å². The zero-order valence-corrected chi connectivity index (χ0v) is 21.0. The van der Waals surface area contributed by atoms with E-state index in [-0.39, 0.29) is 17.0 Å². The average Bonchev–Trinajstić information content (AvgIpc) is 2.80. The van der Waals surface area contributed by atoms with Gasteiger partial charge in [0, 0.05) is 29.5 Å². The van der Waals surface area contributed by atoms with Gasteiger partial charge in [-0.3, -0.25) is 9.59 Å². The minimum Gasteiger partial charge on any atom is -0.388 e. The molecule has 4 heteroatoms. The Labute approximate surface area is 202 Å². The van der Waals surface area contributed by atoms with Crippen LogP contribution in [-0.2, 0) is 0 Å². The lowest BCUT2D eigenvalue weighted by molar-refractivity contribution is 0.0980. The third-order valence-electron chi connectivity index (χ3n) is 6.67. The van der Waals surface area contributed by atoms with Crippen molar-refractivity contribution < 1.29 is 9.59 Å². The van der Waals surface area contributed by atoms with E-state index < -0.39 is 0 Å². The summed E-state index contributed by atoms with van der Waals surface area (Å²) in [7, 11) is 1.77. The highest BCUT2D eigenvalue weighted by atomic mass is 16.1. The molecule has 0 aromatic heterocycles. The Morgan fingerprint density at radius 1 is 0.794 bits per heavy atom. The van der Waals surface area contributed by atoms with Crippen LogP contribution in [0.1, 0.15) is 84.4 Å². The maximum atomic E-state index is 13.5. The van der Waals surface area contributed by atoms with Crippen molar-refractivity contribution in [1.29, 1.82) is 0 Å². The first-order chi connectivity index (χ1) is 16.1. The predicted octanol–water partition coefficient (Wildman–Crippen LogP) is 7.42. The Morgan fingerprint density at radius 2 is 1.38 bits per heavy atom. The van der Waals surface area contributed by atoms with Crippen LogP contribution in [0.3, 0.4) is 0 Å². The molecule has 1 atom stereocenters. The fourth-order valence-electron chi connectivity index (χ4n) is 4.99. The Bertz CT molecular complexity index is 1250. The van der Waals surface area contributed by atoms with Gasteiger partial charge in [0.15, 0.2) is 11.6 Å². The predicted molar refractivity (Wildman–Crippen MR) is 141 cm³/mol. The highest BCUT2D eigenvalue weighted by molar-refractivity contribution is 6.32. The third-order valence-corrected chi connectivity index (χ3v) is 6.67. The largest absolute Gasteiger partial charge is 0.388 e. The van der Waals surface area contributed by atoms with Crippen molar-refractivity contribution >= 4 is 28.6 Å². The molecule has 1 aliphatic carbocycles. The zero-order valence-electron chi connectivity index (χ0n) is 21.0. The van der Waals surface area contributed by atoms with Gasteiger partial charge in [-0.05, 0) is 53.5 Å². The molecular weight excluding hydrogens is 420 g/mol. The van der Waals surface area contributed by atoms with Gasteiger partial charge in [0.2, 0.25) is 0 Å². The van der Waals surface area contributed by atoms with Gasteiger partial charge in [0.1, 0.15) is 0 Å². The number of nitrogens with one attached hydrogen (secondary N) is 2. The second kappa shape index (κ2) is 9.09. The Morgan fingerprint density at radius 3 is 1.94 bits per heavy atom. The molecule has 4 nitrogen and oxygen atoms in total. The maximum Gasteiger partial charge on any atom is 0.196 e. The lowest BCUT2D eigenvalue weighted by Gasteiger charge is -2.33. The number of carbonyl (C=O) groups excluding carboxylic acids is 2. The number of hydrogen-bond acceptors (Lipinski definition) is 4. The van der Waals surface area contributed by atoms with Crippen molar-refractivity contribution in [2.45, 2.75) is 47.0 Å². The summed E-state index contributed by atoms with van der Waals surface area (Å²) in [5, 5.41) is 6.55. The maximum absolute atomic E-state index is 13.5. The molecule has 0 fully saturated rings. The highest BCUT2D eigenvalue weighted by Crippen LogP contribution is 2.41. The molecule has 0 bridgehead atoms. The normalized spacial score (nSPS) is 14.0. The quantitative estimate of drug-likeness (QED) is 0.318. The number of benzene rings is 3. The summed E-state index contributed by atoms with van der Waals surface area (Å²) in [4.78, 5) is 26.9. The van der Waals surface area contributed by atoms with E-state index in [2.05, 4.69) is 63.5 Å². The molecule has 1 unspecified atom stereocenters. The van der Waals surface area contributed by atoms with Crippen molar-refractivity contribution in [2.75, 3.05) is 17.7 Å². The molecule has 4 rings (SSSR count). The van der Waals surface area contributed by atoms with Crippen LogP contribution in [0.15, 0.2) is 60.7 Å². The van der Waals surface area contributed by atoms with Gasteiger partial charge in [0.05, 0.1) is 16.8 Å². The van der Waals surface area contributed by atoms with E-state index in [9.17, 15) is 9.59 Å². The Hall–Kier alpha value is -3.40. The molecule has 0 heterocycles. The van der Waals surface area contributed by atoms with Crippen LogP contribution in [0.4, 0.5) is 17.1 Å². The van der Waals surface area contributed by atoms with E-state index in [4.69, 9.17) is 0 Å². The lowest BCUT2D eigenvalue weighted by Crippen LogP contribution is -2.23. The molecule has 0 aliphatic heterocycles. The topological polar surface area (TPSA) is 58.2 Å². The van der Waals surface area contributed by atoms with Crippen molar-refractivity contribution in [3.63, 3.8) is 0 Å². The fraction of sp³-hybridized carbons (Fsp3) is 0.333. The first-order valence-corrected chi connectivity index (χ1v) is 12.0. The lowest BCUT2D eigenvalue weighted by atomic mass is 9.72. The van der Waals surface area contributed by atoms with Crippen LogP contribution in [0, 0.1) is 11.3 Å². The van der Waals surface area contributed by atoms with Crippen LogP contribution < -0.4 is 10.6 Å². The van der Waals surface area contributed by atoms with Crippen LogP contribution in [0.2, 0.25) is 0 Å². The van der Waals surface area contributed by atoms with Gasteiger partial charge in [-0.1, -0.05) is 71.0 Å². The molecule has 3 aromatic rings. The summed E-state index contributed by atoms with van der Waals surface area (Å²) in [6, 6.07) is 19.2. The molecule has 0 saturated carbocycles. The van der Waals surface area contributed by atoms with Crippen LogP contribution in [0.5, 0.6) is 0 Å². The molecule has 0 spiro atoms. The first-order valence-electron chi connectivity index (χ1n) is 12.0. The third kappa shape index (κ3) is 4.37. The van der Waals surface area contributed by atoms with Gasteiger partial charge >= 0.3 is 0 Å². The number of fused-ring (bicyclic) bond motifs is 2. The first kappa shape index (κ1) is 23.7. The summed E-state index contributed by atoms with van der Waals surface area (Å²) in [5.74, 6) is 0.737. The second-order valence-electron chi connectivity index (χ2n) is 10.7. The number of anilines is 3. The van der Waals surface area contributed by atoms with Crippen molar-refractivity contribution in [2.24, 2.45) is 11.3 Å². The molecule has 176 valence electrons. The fourth-order valence-corrected chi connectivity index (χ4v) is 4.99. The molecule has 0 amide bonds. The zero-order chi connectivity index (χ0) is 24.6. The Kier molecular flexibility index (Phi) is 6.35. The van der Waals surface area contributed by atoms with Crippen LogP contribution in [-0.4, -0.2) is 18.6 Å². The number of rotatable bonds is 6. The van der Waals surface area contributed by atoms with Crippen molar-refractivity contribution in [3.8, 4) is 0 Å². The van der Waals surface area contributed by atoms with Crippen LogP contribution >= 0.6 is 0 Å². The van der Waals surface area contributed by atoms with E-state index in [0.29, 0.717) is 45.5 Å². The van der Waals surface area contributed by atoms with E-state index in [1.165, 1.54) is 5.56 Å². The molecule has 34 heavy (non-hydrogen) atoms. The number of hydrogen-bond donors (Lipinski definition) is 2. The molecule has 0 saturated heterocycles. The van der Waals surface area contributed by atoms with Gasteiger partial charge in [-0.15, -0.1) is 0 Å². The number of carbonyl (C=O) groups is 2. The molecule has 2 N–H and O–H groups in total. The standard InChI is InChI=1S/C30H34N2O2/c1-18(2)16-23(30(3,4)5)19-10-9-11-20(17-19)32-25-15-14-24(31-6)26-27(25)29(34)22-13-8-7-12-21(22)28(26)33/h7-15,17-18,23,31-32H,16H2,1-6H3. The van der Waals surface area contributed by atoms with Crippen LogP contribution in [0.25, 0.3) is 0 Å². The van der Waals surface area contributed by atoms with Gasteiger partial charge in [0.25, 0.3) is 0 Å². The summed E-state index contributed by atoms with van der Waals surface area (Å²) in [6.45, 7) is 11.4. The van der Waals surface area contributed by atoms with E-state index in [1.807, 2.05) is 18.2 Å². The average molecular weight is 455 g/mol. The SMILES string of the molecule is CNc1ccc(Nc2cccc(C(CC(C)C)C(C)(C)C)c2)c2c1C(=O)c1ccccc1C2=O. The summed E-state index contributed by atoms with van der Waals surface area (Å²) in [5.41, 5.74) is 5.39. The monoisotopic (exact) mass is 454 g/mol. The summed E-state index contributed by atoms with van der Waals surface area (Å²) in [6.07, 6.45) is 1.10.